The van der Waals surface area contributed by atoms with E-state index >= 15 is 0 Å². The number of aliphatic hydroxyl groups excluding tert-OH is 1. The highest BCUT2D eigenvalue weighted by Crippen LogP contribution is 2.35. The summed E-state index contributed by atoms with van der Waals surface area (Å²) in [5.74, 6) is 0. The van der Waals surface area contributed by atoms with Gasteiger partial charge >= 0.3 is 6.03 Å². The zero-order valence-corrected chi connectivity index (χ0v) is 13.8. The molecule has 1 aliphatic rings. The van der Waals surface area contributed by atoms with Gasteiger partial charge in [-0.25, -0.2) is 4.79 Å². The number of rotatable bonds is 5. The van der Waals surface area contributed by atoms with Gasteiger partial charge in [0.05, 0.1) is 11.8 Å². The van der Waals surface area contributed by atoms with Crippen molar-refractivity contribution >= 4 is 6.03 Å². The largest absolute Gasteiger partial charge is 0.392 e. The molecule has 1 aromatic rings. The minimum Gasteiger partial charge on any atom is -0.392 e. The second-order valence-electron chi connectivity index (χ2n) is 6.89. The molecule has 1 fully saturated rings. The van der Waals surface area contributed by atoms with Crippen LogP contribution in [0.3, 0.4) is 0 Å². The number of carbonyl (C=O) groups is 1. The third-order valence-electron chi connectivity index (χ3n) is 4.58. The molecule has 4 N–H and O–H groups in total. The van der Waals surface area contributed by atoms with Crippen LogP contribution in [0.2, 0.25) is 0 Å². The number of aromatic nitrogens is 2. The molecular weight excluding hydrogens is 280 g/mol. The maximum atomic E-state index is 12.0. The van der Waals surface area contributed by atoms with Crippen LogP contribution in [0.25, 0.3) is 0 Å². The van der Waals surface area contributed by atoms with Gasteiger partial charge in [0.2, 0.25) is 0 Å². The molecule has 2 rings (SSSR count). The third kappa shape index (κ3) is 4.47. The minimum atomic E-state index is -0.328. The highest BCUT2D eigenvalue weighted by molar-refractivity contribution is 5.74. The Balaban J connectivity index is 1.75. The molecular formula is C16H28N4O2. The summed E-state index contributed by atoms with van der Waals surface area (Å²) in [7, 11) is 0. The summed E-state index contributed by atoms with van der Waals surface area (Å²) in [5, 5.41) is 23.0. The lowest BCUT2D eigenvalue weighted by Gasteiger charge is -2.38. The van der Waals surface area contributed by atoms with Gasteiger partial charge in [0, 0.05) is 30.1 Å². The van der Waals surface area contributed by atoms with Crippen molar-refractivity contribution in [1.29, 1.82) is 0 Å². The predicted molar refractivity (Wildman–Crippen MR) is 85.6 cm³/mol. The fraction of sp³-hybridized carbons (Fsp3) is 0.750. The average molecular weight is 308 g/mol. The van der Waals surface area contributed by atoms with Gasteiger partial charge in [0.1, 0.15) is 0 Å². The van der Waals surface area contributed by atoms with E-state index in [0.29, 0.717) is 13.0 Å². The molecule has 1 heterocycles. The molecule has 1 saturated carbocycles. The first-order valence-electron chi connectivity index (χ1n) is 8.12. The number of aliphatic hydroxyl groups is 1. The van der Waals surface area contributed by atoms with Gasteiger partial charge in [-0.15, -0.1) is 0 Å². The zero-order valence-electron chi connectivity index (χ0n) is 13.8. The number of urea groups is 1. The molecule has 3 unspecified atom stereocenters. The molecule has 0 saturated heterocycles. The van der Waals surface area contributed by atoms with E-state index in [4.69, 9.17) is 0 Å². The summed E-state index contributed by atoms with van der Waals surface area (Å²) in [4.78, 5) is 12.0. The van der Waals surface area contributed by atoms with Gasteiger partial charge in [-0.3, -0.25) is 5.10 Å². The zero-order chi connectivity index (χ0) is 16.2. The summed E-state index contributed by atoms with van der Waals surface area (Å²) in [5.41, 5.74) is 1.75. The van der Waals surface area contributed by atoms with Crippen LogP contribution >= 0.6 is 0 Å². The van der Waals surface area contributed by atoms with Crippen LogP contribution in [-0.4, -0.2) is 40.0 Å². The Morgan fingerprint density at radius 1 is 1.59 bits per heavy atom. The molecule has 0 spiro atoms. The monoisotopic (exact) mass is 308 g/mol. The van der Waals surface area contributed by atoms with Gasteiger partial charge in [0.15, 0.2) is 0 Å². The van der Waals surface area contributed by atoms with Crippen LogP contribution in [0.5, 0.6) is 0 Å². The quantitative estimate of drug-likeness (QED) is 0.669. The van der Waals surface area contributed by atoms with Crippen molar-refractivity contribution < 1.29 is 9.90 Å². The van der Waals surface area contributed by atoms with Gasteiger partial charge in [-0.1, -0.05) is 19.8 Å². The lowest BCUT2D eigenvalue weighted by atomic mass is 9.73. The molecule has 1 aromatic heterocycles. The summed E-state index contributed by atoms with van der Waals surface area (Å²) in [6, 6.07) is 1.81. The number of amides is 2. The number of hydrogen-bond donors (Lipinski definition) is 4. The Hall–Kier alpha value is -1.56. The maximum Gasteiger partial charge on any atom is 0.315 e. The number of H-pyrrole nitrogens is 1. The Kier molecular flexibility index (Phi) is 5.45. The van der Waals surface area contributed by atoms with Crippen LogP contribution in [0, 0.1) is 12.3 Å². The predicted octanol–water partition coefficient (Wildman–Crippen LogP) is 1.89. The molecule has 0 aliphatic heterocycles. The molecule has 124 valence electrons. The van der Waals surface area contributed by atoms with E-state index < -0.39 is 0 Å². The fourth-order valence-electron chi connectivity index (χ4n) is 3.09. The fourth-order valence-corrected chi connectivity index (χ4v) is 3.09. The van der Waals surface area contributed by atoms with Crippen molar-refractivity contribution in [3.05, 3.63) is 17.5 Å². The standard InChI is InChI=1S/C16H28N4O2/c1-11(8-13-9-12(2)19-20-13)18-15(22)17-10-16(3)7-5-4-6-14(16)21/h9,11,14,21H,4-8,10H2,1-3H3,(H,19,20)(H2,17,18,22). The van der Waals surface area contributed by atoms with E-state index in [-0.39, 0.29) is 23.6 Å². The summed E-state index contributed by atoms with van der Waals surface area (Å²) >= 11 is 0. The van der Waals surface area contributed by atoms with E-state index in [1.54, 1.807) is 0 Å². The van der Waals surface area contributed by atoms with Crippen LogP contribution in [0.15, 0.2) is 6.07 Å². The lowest BCUT2D eigenvalue weighted by molar-refractivity contribution is 0.00306. The number of nitrogens with zero attached hydrogens (tertiary/aromatic N) is 1. The Morgan fingerprint density at radius 2 is 2.36 bits per heavy atom. The minimum absolute atomic E-state index is 0.00628. The van der Waals surface area contributed by atoms with E-state index in [9.17, 15) is 9.90 Å². The summed E-state index contributed by atoms with van der Waals surface area (Å²) in [6.07, 6.45) is 4.34. The first kappa shape index (κ1) is 16.8. The molecule has 0 aromatic carbocycles. The lowest BCUT2D eigenvalue weighted by Crippen LogP contribution is -2.49. The first-order chi connectivity index (χ1) is 10.4. The van der Waals surface area contributed by atoms with Crippen molar-refractivity contribution in [2.75, 3.05) is 6.54 Å². The number of aryl methyl sites for hydroxylation is 1. The van der Waals surface area contributed by atoms with Crippen LogP contribution in [0.4, 0.5) is 4.79 Å². The second-order valence-corrected chi connectivity index (χ2v) is 6.89. The highest BCUT2D eigenvalue weighted by Gasteiger charge is 2.35. The van der Waals surface area contributed by atoms with E-state index in [1.165, 1.54) is 0 Å². The Labute approximate surface area is 132 Å². The molecule has 1 aliphatic carbocycles. The molecule has 0 radical (unpaired) electrons. The Bertz CT molecular complexity index is 502. The van der Waals surface area contributed by atoms with Crippen molar-refractivity contribution in [3.63, 3.8) is 0 Å². The molecule has 6 nitrogen and oxygen atoms in total. The van der Waals surface area contributed by atoms with E-state index in [1.807, 2.05) is 26.8 Å². The van der Waals surface area contributed by atoms with Crippen LogP contribution < -0.4 is 10.6 Å². The molecule has 0 bridgehead atoms. The van der Waals surface area contributed by atoms with Crippen molar-refractivity contribution in [3.8, 4) is 0 Å². The van der Waals surface area contributed by atoms with E-state index in [2.05, 4.69) is 20.8 Å². The van der Waals surface area contributed by atoms with Gasteiger partial charge in [-0.2, -0.15) is 5.10 Å². The molecule has 3 atom stereocenters. The number of aromatic amines is 1. The normalized spacial score (nSPS) is 26.5. The molecule has 2 amide bonds. The van der Waals surface area contributed by atoms with Gasteiger partial charge < -0.3 is 15.7 Å². The smallest absolute Gasteiger partial charge is 0.315 e. The third-order valence-corrected chi connectivity index (χ3v) is 4.58. The van der Waals surface area contributed by atoms with Gasteiger partial charge in [0.25, 0.3) is 0 Å². The van der Waals surface area contributed by atoms with Crippen molar-refractivity contribution in [2.45, 2.75) is 65.0 Å². The van der Waals surface area contributed by atoms with Crippen molar-refractivity contribution in [1.82, 2.24) is 20.8 Å². The number of hydrogen-bond acceptors (Lipinski definition) is 3. The van der Waals surface area contributed by atoms with E-state index in [0.717, 1.165) is 37.1 Å². The van der Waals surface area contributed by atoms with Crippen molar-refractivity contribution in [2.24, 2.45) is 5.41 Å². The first-order valence-corrected chi connectivity index (χ1v) is 8.12. The maximum absolute atomic E-state index is 12.0. The molecule has 6 heteroatoms. The average Bonchev–Trinajstić information content (AvgIpc) is 2.85. The van der Waals surface area contributed by atoms with Crippen LogP contribution in [-0.2, 0) is 6.42 Å². The second kappa shape index (κ2) is 7.13. The SMILES string of the molecule is Cc1cc(CC(C)NC(=O)NCC2(C)CCCCC2O)n[nH]1. The summed E-state index contributed by atoms with van der Waals surface area (Å²) < 4.78 is 0. The summed E-state index contributed by atoms with van der Waals surface area (Å²) in [6.45, 7) is 6.47. The highest BCUT2D eigenvalue weighted by atomic mass is 16.3. The number of nitrogens with one attached hydrogen (secondary N) is 3. The molecule has 22 heavy (non-hydrogen) atoms. The Morgan fingerprint density at radius 3 is 3.00 bits per heavy atom. The topological polar surface area (TPSA) is 90.0 Å². The van der Waals surface area contributed by atoms with Crippen LogP contribution in [0.1, 0.15) is 50.9 Å². The van der Waals surface area contributed by atoms with Gasteiger partial charge in [-0.05, 0) is 32.8 Å². The number of carbonyl (C=O) groups excluding carboxylic acids is 1.